The smallest absolute Gasteiger partial charge is 0.244 e. The van der Waals surface area contributed by atoms with E-state index in [4.69, 9.17) is 0 Å². The van der Waals surface area contributed by atoms with Crippen LogP contribution in [0.4, 0.5) is 5.69 Å². The van der Waals surface area contributed by atoms with Crippen LogP contribution in [0.25, 0.3) is 0 Å². The number of pyridine rings is 1. The first kappa shape index (κ1) is 11.1. The van der Waals surface area contributed by atoms with Gasteiger partial charge in [0.1, 0.15) is 0 Å². The second-order valence-electron chi connectivity index (χ2n) is 4.16. The summed E-state index contributed by atoms with van der Waals surface area (Å²) in [5.41, 5.74) is 0.379. The van der Waals surface area contributed by atoms with Gasteiger partial charge >= 0.3 is 0 Å². The summed E-state index contributed by atoms with van der Waals surface area (Å²) in [6.45, 7) is 2.97. The topological polar surface area (TPSA) is 54.0 Å². The summed E-state index contributed by atoms with van der Waals surface area (Å²) in [5.74, 6) is 0.0560. The van der Waals surface area contributed by atoms with Gasteiger partial charge in [0.2, 0.25) is 5.91 Å². The first-order valence-corrected chi connectivity index (χ1v) is 5.73. The molecule has 0 aromatic carbocycles. The average molecular weight is 219 g/mol. The molecule has 0 radical (unpaired) electrons. The van der Waals surface area contributed by atoms with Crippen LogP contribution >= 0.6 is 0 Å². The third-order valence-corrected chi connectivity index (χ3v) is 3.20. The molecule has 0 saturated carbocycles. The Kier molecular flexibility index (Phi) is 3.19. The number of hydrogen-bond acceptors (Lipinski definition) is 3. The highest BCUT2D eigenvalue weighted by Gasteiger charge is 2.38. The average Bonchev–Trinajstić information content (AvgIpc) is 2.80. The maximum absolute atomic E-state index is 12.2. The lowest BCUT2D eigenvalue weighted by Crippen LogP contribution is -2.50. The van der Waals surface area contributed by atoms with E-state index in [2.05, 4.69) is 15.6 Å². The van der Waals surface area contributed by atoms with E-state index in [1.54, 1.807) is 12.4 Å². The number of amides is 1. The number of nitrogens with zero attached hydrogens (tertiary/aromatic N) is 1. The molecular weight excluding hydrogens is 202 g/mol. The molecule has 86 valence electrons. The lowest BCUT2D eigenvalue weighted by atomic mass is 9.93. The highest BCUT2D eigenvalue weighted by Crippen LogP contribution is 2.24. The first-order chi connectivity index (χ1) is 7.77. The molecular formula is C12H17N3O. The van der Waals surface area contributed by atoms with Gasteiger partial charge in [-0.1, -0.05) is 6.92 Å². The largest absolute Gasteiger partial charge is 0.323 e. The predicted molar refractivity (Wildman–Crippen MR) is 63.1 cm³/mol. The Balaban J connectivity index is 2.07. The summed E-state index contributed by atoms with van der Waals surface area (Å²) < 4.78 is 0. The van der Waals surface area contributed by atoms with Gasteiger partial charge in [0.05, 0.1) is 17.4 Å². The van der Waals surface area contributed by atoms with E-state index >= 15 is 0 Å². The van der Waals surface area contributed by atoms with Crippen LogP contribution in [0, 0.1) is 0 Å². The van der Waals surface area contributed by atoms with E-state index in [0.717, 1.165) is 31.5 Å². The summed E-state index contributed by atoms with van der Waals surface area (Å²) in [7, 11) is 0. The molecule has 2 N–H and O–H groups in total. The molecule has 0 bridgehead atoms. The Hall–Kier alpha value is -1.42. The van der Waals surface area contributed by atoms with Crippen molar-refractivity contribution in [2.75, 3.05) is 11.9 Å². The Labute approximate surface area is 95.5 Å². The molecule has 0 aliphatic carbocycles. The second kappa shape index (κ2) is 4.61. The zero-order valence-corrected chi connectivity index (χ0v) is 9.49. The monoisotopic (exact) mass is 219 g/mol. The van der Waals surface area contributed by atoms with Crippen LogP contribution in [0.3, 0.4) is 0 Å². The van der Waals surface area contributed by atoms with Crippen molar-refractivity contribution >= 4 is 11.6 Å². The van der Waals surface area contributed by atoms with Crippen molar-refractivity contribution in [2.24, 2.45) is 0 Å². The molecule has 4 nitrogen and oxygen atoms in total. The van der Waals surface area contributed by atoms with E-state index in [1.807, 2.05) is 19.1 Å². The number of rotatable bonds is 3. The molecule has 2 rings (SSSR count). The van der Waals surface area contributed by atoms with Gasteiger partial charge in [0.15, 0.2) is 0 Å². The molecule has 1 aliphatic heterocycles. The molecule has 2 heterocycles. The number of aromatic nitrogens is 1. The Morgan fingerprint density at radius 3 is 3.12 bits per heavy atom. The Bertz CT molecular complexity index is 358. The predicted octanol–water partition coefficient (Wildman–Crippen LogP) is 1.55. The van der Waals surface area contributed by atoms with Crippen LogP contribution in [-0.2, 0) is 4.79 Å². The summed E-state index contributed by atoms with van der Waals surface area (Å²) in [4.78, 5) is 16.1. The van der Waals surface area contributed by atoms with Crippen molar-refractivity contribution in [3.63, 3.8) is 0 Å². The molecule has 1 fully saturated rings. The zero-order valence-electron chi connectivity index (χ0n) is 9.49. The van der Waals surface area contributed by atoms with Gasteiger partial charge in [-0.2, -0.15) is 0 Å². The molecule has 1 amide bonds. The maximum atomic E-state index is 12.2. The molecule has 1 atom stereocenters. The Morgan fingerprint density at radius 1 is 1.69 bits per heavy atom. The fourth-order valence-corrected chi connectivity index (χ4v) is 2.15. The van der Waals surface area contributed by atoms with Gasteiger partial charge in [0.25, 0.3) is 0 Å². The fraction of sp³-hybridized carbons (Fsp3) is 0.500. The summed E-state index contributed by atoms with van der Waals surface area (Å²) in [5, 5.41) is 6.22. The molecule has 4 heteroatoms. The molecule has 1 saturated heterocycles. The summed E-state index contributed by atoms with van der Waals surface area (Å²) in [6, 6.07) is 3.67. The SMILES string of the molecule is CCC1(C(=O)Nc2cccnc2)CCCN1. The third kappa shape index (κ3) is 2.07. The van der Waals surface area contributed by atoms with Crippen molar-refractivity contribution in [3.8, 4) is 0 Å². The van der Waals surface area contributed by atoms with Crippen molar-refractivity contribution in [1.29, 1.82) is 0 Å². The van der Waals surface area contributed by atoms with Gasteiger partial charge in [-0.05, 0) is 37.9 Å². The Morgan fingerprint density at radius 2 is 2.56 bits per heavy atom. The van der Waals surface area contributed by atoms with Crippen LogP contribution in [0.15, 0.2) is 24.5 Å². The standard InChI is InChI=1S/C12H17N3O/c1-2-12(6-4-8-14-12)11(16)15-10-5-3-7-13-9-10/h3,5,7,9,14H,2,4,6,8H2,1H3,(H,15,16). The highest BCUT2D eigenvalue weighted by atomic mass is 16.2. The van der Waals surface area contributed by atoms with Gasteiger partial charge < -0.3 is 10.6 Å². The maximum Gasteiger partial charge on any atom is 0.244 e. The molecule has 16 heavy (non-hydrogen) atoms. The number of carbonyl (C=O) groups excluding carboxylic acids is 1. The summed E-state index contributed by atoms with van der Waals surface area (Å²) >= 11 is 0. The molecule has 0 spiro atoms. The minimum Gasteiger partial charge on any atom is -0.323 e. The van der Waals surface area contributed by atoms with E-state index < -0.39 is 0 Å². The fourth-order valence-electron chi connectivity index (χ4n) is 2.15. The van der Waals surface area contributed by atoms with E-state index in [9.17, 15) is 4.79 Å². The number of hydrogen-bond donors (Lipinski definition) is 2. The van der Waals surface area contributed by atoms with Crippen molar-refractivity contribution < 1.29 is 4.79 Å². The van der Waals surface area contributed by atoms with Crippen molar-refractivity contribution in [1.82, 2.24) is 10.3 Å². The van der Waals surface area contributed by atoms with Gasteiger partial charge in [-0.3, -0.25) is 9.78 Å². The van der Waals surface area contributed by atoms with Crippen LogP contribution in [0.2, 0.25) is 0 Å². The lowest BCUT2D eigenvalue weighted by molar-refractivity contribution is -0.122. The molecule has 1 aliphatic rings. The van der Waals surface area contributed by atoms with Crippen LogP contribution < -0.4 is 10.6 Å². The van der Waals surface area contributed by atoms with E-state index in [-0.39, 0.29) is 11.4 Å². The third-order valence-electron chi connectivity index (χ3n) is 3.20. The van der Waals surface area contributed by atoms with Gasteiger partial charge in [-0.15, -0.1) is 0 Å². The van der Waals surface area contributed by atoms with Crippen molar-refractivity contribution in [3.05, 3.63) is 24.5 Å². The number of carbonyl (C=O) groups is 1. The van der Waals surface area contributed by atoms with Crippen molar-refractivity contribution in [2.45, 2.75) is 31.7 Å². The molecule has 1 aromatic rings. The van der Waals surface area contributed by atoms with E-state index in [0.29, 0.717) is 0 Å². The number of anilines is 1. The van der Waals surface area contributed by atoms with E-state index in [1.165, 1.54) is 0 Å². The summed E-state index contributed by atoms with van der Waals surface area (Å²) in [6.07, 6.45) is 6.15. The first-order valence-electron chi connectivity index (χ1n) is 5.73. The van der Waals surface area contributed by atoms with Crippen LogP contribution in [0.1, 0.15) is 26.2 Å². The van der Waals surface area contributed by atoms with Gasteiger partial charge in [-0.25, -0.2) is 0 Å². The zero-order chi connectivity index (χ0) is 11.4. The van der Waals surface area contributed by atoms with Crippen LogP contribution in [-0.4, -0.2) is 23.0 Å². The molecule has 1 unspecified atom stereocenters. The quantitative estimate of drug-likeness (QED) is 0.811. The minimum absolute atomic E-state index is 0.0560. The minimum atomic E-state index is -0.379. The van der Waals surface area contributed by atoms with Gasteiger partial charge in [0, 0.05) is 6.20 Å². The highest BCUT2D eigenvalue weighted by molar-refractivity contribution is 5.98. The second-order valence-corrected chi connectivity index (χ2v) is 4.16. The lowest BCUT2D eigenvalue weighted by Gasteiger charge is -2.26. The normalized spacial score (nSPS) is 24.3. The molecule has 1 aromatic heterocycles. The number of nitrogens with one attached hydrogen (secondary N) is 2. The van der Waals surface area contributed by atoms with Crippen LogP contribution in [0.5, 0.6) is 0 Å².